The minimum atomic E-state index is -1.85. The Labute approximate surface area is 252 Å². The molecule has 7 heteroatoms. The highest BCUT2D eigenvalue weighted by molar-refractivity contribution is 6.74. The van der Waals surface area contributed by atoms with E-state index in [4.69, 9.17) is 18.3 Å². The number of hydrogen-bond acceptors (Lipinski definition) is 5. The molecule has 0 fully saturated rings. The average Bonchev–Trinajstić information content (AvgIpc) is 2.87. The minimum Gasteiger partial charge on any atom is -0.494 e. The van der Waals surface area contributed by atoms with Gasteiger partial charge in [-0.2, -0.15) is 0 Å². The number of esters is 1. The Kier molecular flexibility index (Phi) is 12.9. The van der Waals surface area contributed by atoms with E-state index in [9.17, 15) is 4.79 Å². The van der Waals surface area contributed by atoms with Crippen LogP contribution in [0.2, 0.25) is 36.3 Å². The summed E-state index contributed by atoms with van der Waals surface area (Å²) in [6.07, 6.45) is 6.06. The van der Waals surface area contributed by atoms with Crippen LogP contribution < -0.4 is 4.74 Å². The fraction of sp³-hybridized carbons (Fsp3) is 0.618. The lowest BCUT2D eigenvalue weighted by Gasteiger charge is -2.39. The molecule has 0 N–H and O–H groups in total. The summed E-state index contributed by atoms with van der Waals surface area (Å²) < 4.78 is 24.7. The molecule has 2 aromatic rings. The molecule has 0 spiro atoms. The van der Waals surface area contributed by atoms with Crippen LogP contribution in [0.25, 0.3) is 16.8 Å². The molecule has 0 aliphatic carbocycles. The zero-order chi connectivity index (χ0) is 30.9. The molecule has 5 nitrogen and oxygen atoms in total. The Hall–Kier alpha value is -1.94. The summed E-state index contributed by atoms with van der Waals surface area (Å²) in [7, 11) is -3.71. The van der Waals surface area contributed by atoms with Gasteiger partial charge in [-0.1, -0.05) is 73.1 Å². The second kappa shape index (κ2) is 15.0. The number of hydrogen-bond donors (Lipinski definition) is 0. The molecule has 0 heterocycles. The molecule has 2 rings (SSSR count). The monoisotopic (exact) mass is 600 g/mol. The van der Waals surface area contributed by atoms with Crippen LogP contribution in [0, 0.1) is 5.92 Å². The van der Waals surface area contributed by atoms with Crippen molar-refractivity contribution in [2.24, 2.45) is 5.92 Å². The molecule has 0 amide bonds. The van der Waals surface area contributed by atoms with Crippen LogP contribution in [0.5, 0.6) is 5.75 Å². The van der Waals surface area contributed by atoms with E-state index in [1.807, 2.05) is 12.1 Å². The van der Waals surface area contributed by atoms with Gasteiger partial charge >= 0.3 is 5.97 Å². The van der Waals surface area contributed by atoms with Gasteiger partial charge in [0.2, 0.25) is 0 Å². The first-order valence-electron chi connectivity index (χ1n) is 15.2. The molecule has 0 atom stereocenters. The van der Waals surface area contributed by atoms with Crippen LogP contribution in [-0.2, 0) is 18.4 Å². The summed E-state index contributed by atoms with van der Waals surface area (Å²) in [6, 6.07) is 12.3. The van der Waals surface area contributed by atoms with Crippen molar-refractivity contribution in [2.75, 3.05) is 26.4 Å². The first kappa shape index (κ1) is 35.3. The van der Waals surface area contributed by atoms with Crippen LogP contribution in [0.3, 0.4) is 0 Å². The first-order valence-corrected chi connectivity index (χ1v) is 21.1. The minimum absolute atomic E-state index is 0.174. The number of ether oxygens (including phenoxy) is 2. The van der Waals surface area contributed by atoms with Gasteiger partial charge in [-0.15, -0.1) is 0 Å². The quantitative estimate of drug-likeness (QED) is 0.0882. The van der Waals surface area contributed by atoms with Crippen LogP contribution in [0.1, 0.15) is 73.3 Å². The lowest BCUT2D eigenvalue weighted by Crippen LogP contribution is -2.44. The molecular formula is C34H56O5Si2. The maximum atomic E-state index is 11.9. The first-order chi connectivity index (χ1) is 18.9. The molecule has 0 radical (unpaired) electrons. The van der Waals surface area contributed by atoms with Crippen molar-refractivity contribution < 1.29 is 23.1 Å². The number of unbranched alkanes of at least 4 members (excludes halogenated alkanes) is 1. The number of benzene rings is 2. The van der Waals surface area contributed by atoms with Crippen LogP contribution in [0.15, 0.2) is 42.5 Å². The molecule has 230 valence electrons. The average molecular weight is 601 g/mol. The van der Waals surface area contributed by atoms with E-state index in [1.165, 1.54) is 6.08 Å². The van der Waals surface area contributed by atoms with Crippen molar-refractivity contribution in [3.8, 4) is 5.75 Å². The normalized spacial score (nSPS) is 13.4. The van der Waals surface area contributed by atoms with Crippen molar-refractivity contribution >= 4 is 39.5 Å². The molecule has 0 bridgehead atoms. The molecular weight excluding hydrogens is 545 g/mol. The highest BCUT2D eigenvalue weighted by Gasteiger charge is 2.39. The molecule has 0 aliphatic heterocycles. The third kappa shape index (κ3) is 11.3. The molecule has 0 unspecified atom stereocenters. The zero-order valence-electron chi connectivity index (χ0n) is 27.7. The van der Waals surface area contributed by atoms with Gasteiger partial charge in [-0.3, -0.25) is 0 Å². The predicted octanol–water partition coefficient (Wildman–Crippen LogP) is 9.62. The fourth-order valence-electron chi connectivity index (χ4n) is 3.61. The Bertz CT molecular complexity index is 1110. The van der Waals surface area contributed by atoms with Gasteiger partial charge in [0.25, 0.3) is 0 Å². The molecule has 2 aromatic carbocycles. The van der Waals surface area contributed by atoms with Gasteiger partial charge in [0, 0.05) is 25.2 Å². The standard InChI is InChI=1S/C34H56O5Si2/c1-12-13-21-37-32(35)19-15-27-14-16-30-24-31(18-17-29(30)23-27)36-22-20-28(25-38-40(8,9)33(2,3)4)26-39-41(10,11)34(5,6)7/h14-19,23-24,28H,12-13,20-22,25-26H2,1-11H3/b19-15+. The van der Waals surface area contributed by atoms with E-state index in [0.717, 1.165) is 41.3 Å². The topological polar surface area (TPSA) is 54.0 Å². The number of fused-ring (bicyclic) bond motifs is 1. The van der Waals surface area contributed by atoms with E-state index in [-0.39, 0.29) is 22.0 Å². The predicted molar refractivity (Wildman–Crippen MR) is 179 cm³/mol. The van der Waals surface area contributed by atoms with Crippen molar-refractivity contribution in [1.82, 2.24) is 0 Å². The van der Waals surface area contributed by atoms with E-state index in [0.29, 0.717) is 26.4 Å². The number of rotatable bonds is 15. The van der Waals surface area contributed by atoms with Gasteiger partial charge in [0.05, 0.1) is 13.2 Å². The SMILES string of the molecule is CCCCOC(=O)/C=C/c1ccc2cc(OCCC(CO[Si](C)(C)C(C)(C)C)CO[Si](C)(C)C(C)(C)C)ccc2c1. The van der Waals surface area contributed by atoms with Gasteiger partial charge in [-0.25, -0.2) is 4.79 Å². The van der Waals surface area contributed by atoms with Gasteiger partial charge in [-0.05, 0) is 89.7 Å². The largest absolute Gasteiger partial charge is 0.494 e. The summed E-state index contributed by atoms with van der Waals surface area (Å²) in [5.74, 6) is 0.835. The van der Waals surface area contributed by atoms with Crippen molar-refractivity contribution in [3.63, 3.8) is 0 Å². The maximum absolute atomic E-state index is 11.9. The zero-order valence-corrected chi connectivity index (χ0v) is 29.7. The van der Waals surface area contributed by atoms with Crippen LogP contribution in [-0.4, -0.2) is 49.0 Å². The summed E-state index contributed by atoms with van der Waals surface area (Å²) in [5.41, 5.74) is 0.963. The van der Waals surface area contributed by atoms with Crippen molar-refractivity contribution in [1.29, 1.82) is 0 Å². The smallest absolute Gasteiger partial charge is 0.330 e. The molecule has 0 saturated heterocycles. The highest BCUT2D eigenvalue weighted by atomic mass is 28.4. The lowest BCUT2D eigenvalue weighted by atomic mass is 10.1. The Morgan fingerprint density at radius 1 is 0.829 bits per heavy atom. The molecule has 0 aromatic heterocycles. The summed E-state index contributed by atoms with van der Waals surface area (Å²) in [5, 5.41) is 2.55. The Morgan fingerprint density at radius 3 is 1.95 bits per heavy atom. The Balaban J connectivity index is 2.03. The summed E-state index contributed by atoms with van der Waals surface area (Å²) in [4.78, 5) is 11.9. The summed E-state index contributed by atoms with van der Waals surface area (Å²) >= 11 is 0. The van der Waals surface area contributed by atoms with Gasteiger partial charge in [0.1, 0.15) is 5.75 Å². The second-order valence-electron chi connectivity index (χ2n) is 14.3. The van der Waals surface area contributed by atoms with Crippen LogP contribution >= 0.6 is 0 Å². The van der Waals surface area contributed by atoms with E-state index in [2.05, 4.69) is 98.9 Å². The van der Waals surface area contributed by atoms with E-state index < -0.39 is 16.6 Å². The van der Waals surface area contributed by atoms with Crippen molar-refractivity contribution in [3.05, 3.63) is 48.0 Å². The third-order valence-corrected chi connectivity index (χ3v) is 17.8. The van der Waals surface area contributed by atoms with Crippen molar-refractivity contribution in [2.45, 2.75) is 104 Å². The summed E-state index contributed by atoms with van der Waals surface area (Å²) in [6.45, 7) is 27.5. The number of carbonyl (C=O) groups is 1. The highest BCUT2D eigenvalue weighted by Crippen LogP contribution is 2.38. The maximum Gasteiger partial charge on any atom is 0.330 e. The fourth-order valence-corrected chi connectivity index (χ4v) is 5.78. The van der Waals surface area contributed by atoms with Gasteiger partial charge in [0.15, 0.2) is 16.6 Å². The number of carbonyl (C=O) groups excluding carboxylic acids is 1. The molecule has 0 aliphatic rings. The molecule has 41 heavy (non-hydrogen) atoms. The Morgan fingerprint density at radius 2 is 1.39 bits per heavy atom. The molecule has 0 saturated carbocycles. The second-order valence-corrected chi connectivity index (χ2v) is 23.9. The van der Waals surface area contributed by atoms with Gasteiger partial charge < -0.3 is 18.3 Å². The van der Waals surface area contributed by atoms with E-state index in [1.54, 1.807) is 6.08 Å². The van der Waals surface area contributed by atoms with E-state index >= 15 is 0 Å². The third-order valence-electron chi connectivity index (χ3n) is 8.76. The lowest BCUT2D eigenvalue weighted by molar-refractivity contribution is -0.137. The van der Waals surface area contributed by atoms with Crippen LogP contribution in [0.4, 0.5) is 0 Å².